The van der Waals surface area contributed by atoms with E-state index >= 15 is 0 Å². The van der Waals surface area contributed by atoms with E-state index in [1.54, 1.807) is 0 Å². The smallest absolute Gasteiger partial charge is 0.119 e. The summed E-state index contributed by atoms with van der Waals surface area (Å²) in [6.45, 7) is 10.4. The first-order chi connectivity index (χ1) is 11.3. The highest BCUT2D eigenvalue weighted by atomic mass is 16.5. The van der Waals surface area contributed by atoms with Crippen molar-refractivity contribution in [3.8, 4) is 5.75 Å². The lowest BCUT2D eigenvalue weighted by Gasteiger charge is -2.31. The molecular weight excluding hydrogens is 284 g/mol. The fraction of sp³-hybridized carbons (Fsp3) is 0.700. The molecule has 1 aromatic rings. The standard InChI is InChI=1S/C20H36N2O/c1-4-7-14-22(15-8-5-2)20(17-21)18-10-12-19(13-11-18)23-16-9-6-3/h10-13,20H,4-9,14-17,21H2,1-3H3. The van der Waals surface area contributed by atoms with Crippen molar-refractivity contribution in [3.05, 3.63) is 29.8 Å². The van der Waals surface area contributed by atoms with Gasteiger partial charge in [-0.3, -0.25) is 4.90 Å². The van der Waals surface area contributed by atoms with Crippen molar-refractivity contribution < 1.29 is 4.74 Å². The van der Waals surface area contributed by atoms with Crippen LogP contribution in [0, 0.1) is 0 Å². The van der Waals surface area contributed by atoms with Crippen LogP contribution in [0.2, 0.25) is 0 Å². The molecule has 23 heavy (non-hydrogen) atoms. The number of nitrogens with zero attached hydrogens (tertiary/aromatic N) is 1. The Morgan fingerprint density at radius 1 is 0.913 bits per heavy atom. The molecule has 0 saturated carbocycles. The third-order valence-corrected chi connectivity index (χ3v) is 4.29. The van der Waals surface area contributed by atoms with Gasteiger partial charge in [-0.2, -0.15) is 0 Å². The van der Waals surface area contributed by atoms with Crippen LogP contribution >= 0.6 is 0 Å². The molecule has 132 valence electrons. The van der Waals surface area contributed by atoms with Gasteiger partial charge in [-0.15, -0.1) is 0 Å². The van der Waals surface area contributed by atoms with Crippen LogP contribution < -0.4 is 10.5 Å². The van der Waals surface area contributed by atoms with E-state index in [4.69, 9.17) is 10.5 Å². The van der Waals surface area contributed by atoms with Crippen LogP contribution in [-0.2, 0) is 0 Å². The van der Waals surface area contributed by atoms with Crippen molar-refractivity contribution in [1.29, 1.82) is 0 Å². The van der Waals surface area contributed by atoms with Crippen molar-refractivity contribution in [2.45, 2.75) is 65.3 Å². The molecule has 0 bridgehead atoms. The summed E-state index contributed by atoms with van der Waals surface area (Å²) in [6, 6.07) is 8.86. The second-order valence-electron chi connectivity index (χ2n) is 6.27. The quantitative estimate of drug-likeness (QED) is 0.532. The Bertz CT molecular complexity index is 383. The molecule has 0 saturated heterocycles. The van der Waals surface area contributed by atoms with Crippen molar-refractivity contribution in [1.82, 2.24) is 4.90 Å². The number of rotatable bonds is 13. The second kappa shape index (κ2) is 12.4. The summed E-state index contributed by atoms with van der Waals surface area (Å²) >= 11 is 0. The molecule has 0 aliphatic heterocycles. The van der Waals surface area contributed by atoms with Crippen molar-refractivity contribution >= 4 is 0 Å². The average molecular weight is 321 g/mol. The summed E-state index contributed by atoms with van der Waals surface area (Å²) in [6.07, 6.45) is 7.19. The van der Waals surface area contributed by atoms with Crippen LogP contribution in [0.25, 0.3) is 0 Å². The monoisotopic (exact) mass is 320 g/mol. The fourth-order valence-corrected chi connectivity index (χ4v) is 2.76. The van der Waals surface area contributed by atoms with E-state index < -0.39 is 0 Å². The highest BCUT2D eigenvalue weighted by Crippen LogP contribution is 2.23. The van der Waals surface area contributed by atoms with Crippen LogP contribution in [0.15, 0.2) is 24.3 Å². The van der Waals surface area contributed by atoms with Crippen molar-refractivity contribution in [3.63, 3.8) is 0 Å². The SMILES string of the molecule is CCCCOc1ccc(C(CN)N(CCCC)CCCC)cc1. The zero-order valence-electron chi connectivity index (χ0n) is 15.4. The minimum absolute atomic E-state index is 0.317. The Morgan fingerprint density at radius 3 is 1.96 bits per heavy atom. The highest BCUT2D eigenvalue weighted by Gasteiger charge is 2.18. The summed E-state index contributed by atoms with van der Waals surface area (Å²) in [5.74, 6) is 0.964. The molecule has 0 heterocycles. The highest BCUT2D eigenvalue weighted by molar-refractivity contribution is 5.29. The molecule has 0 aromatic heterocycles. The summed E-state index contributed by atoms with van der Waals surface area (Å²) < 4.78 is 5.76. The topological polar surface area (TPSA) is 38.5 Å². The van der Waals surface area contributed by atoms with Gasteiger partial charge in [0, 0.05) is 12.6 Å². The maximum Gasteiger partial charge on any atom is 0.119 e. The lowest BCUT2D eigenvalue weighted by Crippen LogP contribution is -2.35. The van der Waals surface area contributed by atoms with Crippen LogP contribution in [-0.4, -0.2) is 31.1 Å². The molecule has 3 heteroatoms. The molecule has 0 fully saturated rings. The maximum absolute atomic E-state index is 6.11. The first kappa shape index (κ1) is 20.0. The van der Waals surface area contributed by atoms with Gasteiger partial charge in [-0.1, -0.05) is 52.2 Å². The molecule has 0 aliphatic carbocycles. The summed E-state index contributed by atoms with van der Waals surface area (Å²) in [7, 11) is 0. The normalized spacial score (nSPS) is 12.6. The third-order valence-electron chi connectivity index (χ3n) is 4.29. The van der Waals surface area contributed by atoms with Gasteiger partial charge in [0.2, 0.25) is 0 Å². The molecule has 3 nitrogen and oxygen atoms in total. The van der Waals surface area contributed by atoms with Gasteiger partial charge in [0.25, 0.3) is 0 Å². The van der Waals surface area contributed by atoms with Crippen LogP contribution in [0.3, 0.4) is 0 Å². The van der Waals surface area contributed by atoms with Crippen molar-refractivity contribution in [2.75, 3.05) is 26.2 Å². The first-order valence-electron chi connectivity index (χ1n) is 9.43. The molecular formula is C20H36N2O. The largest absolute Gasteiger partial charge is 0.494 e. The predicted molar refractivity (Wildman–Crippen MR) is 100 cm³/mol. The summed E-state index contributed by atoms with van der Waals surface area (Å²) in [5, 5.41) is 0. The van der Waals surface area contributed by atoms with E-state index in [1.807, 2.05) is 0 Å². The van der Waals surface area contributed by atoms with Crippen LogP contribution in [0.5, 0.6) is 5.75 Å². The van der Waals surface area contributed by atoms with Gasteiger partial charge in [0.15, 0.2) is 0 Å². The molecule has 0 radical (unpaired) electrons. The number of hydrogen-bond donors (Lipinski definition) is 1. The van der Waals surface area contributed by atoms with Gasteiger partial charge in [0.05, 0.1) is 6.61 Å². The molecule has 1 atom stereocenters. The number of hydrogen-bond acceptors (Lipinski definition) is 3. The molecule has 0 aliphatic rings. The first-order valence-corrected chi connectivity index (χ1v) is 9.43. The predicted octanol–water partition coefficient (Wildman–Crippen LogP) is 4.77. The third kappa shape index (κ3) is 7.36. The van der Waals surface area contributed by atoms with Gasteiger partial charge in [-0.05, 0) is 50.0 Å². The van der Waals surface area contributed by atoms with Crippen LogP contribution in [0.1, 0.15) is 70.9 Å². The Labute approximate surface area is 143 Å². The summed E-state index contributed by atoms with van der Waals surface area (Å²) in [4.78, 5) is 2.56. The molecule has 0 amide bonds. The van der Waals surface area contributed by atoms with E-state index in [9.17, 15) is 0 Å². The van der Waals surface area contributed by atoms with E-state index in [1.165, 1.54) is 31.2 Å². The molecule has 0 spiro atoms. The maximum atomic E-state index is 6.11. The van der Waals surface area contributed by atoms with E-state index in [0.29, 0.717) is 12.6 Å². The van der Waals surface area contributed by atoms with Gasteiger partial charge in [0.1, 0.15) is 5.75 Å². The van der Waals surface area contributed by atoms with E-state index in [2.05, 4.69) is 49.9 Å². The van der Waals surface area contributed by atoms with Gasteiger partial charge < -0.3 is 10.5 Å². The Kier molecular flexibility index (Phi) is 10.8. The van der Waals surface area contributed by atoms with E-state index in [-0.39, 0.29) is 0 Å². The van der Waals surface area contributed by atoms with E-state index in [0.717, 1.165) is 38.3 Å². The Hall–Kier alpha value is -1.06. The van der Waals surface area contributed by atoms with Gasteiger partial charge >= 0.3 is 0 Å². The molecule has 1 rings (SSSR count). The van der Waals surface area contributed by atoms with Crippen molar-refractivity contribution in [2.24, 2.45) is 5.73 Å². The zero-order valence-corrected chi connectivity index (χ0v) is 15.4. The average Bonchev–Trinajstić information content (AvgIpc) is 2.58. The zero-order chi connectivity index (χ0) is 16.9. The lowest BCUT2D eigenvalue weighted by atomic mass is 10.0. The minimum atomic E-state index is 0.317. The number of ether oxygens (including phenoxy) is 1. The number of unbranched alkanes of at least 4 members (excludes halogenated alkanes) is 3. The van der Waals surface area contributed by atoms with Crippen LogP contribution in [0.4, 0.5) is 0 Å². The lowest BCUT2D eigenvalue weighted by molar-refractivity contribution is 0.195. The Balaban J connectivity index is 2.72. The molecule has 1 aromatic carbocycles. The summed E-state index contributed by atoms with van der Waals surface area (Å²) in [5.41, 5.74) is 7.42. The molecule has 1 unspecified atom stereocenters. The van der Waals surface area contributed by atoms with Gasteiger partial charge in [-0.25, -0.2) is 0 Å². The second-order valence-corrected chi connectivity index (χ2v) is 6.27. The minimum Gasteiger partial charge on any atom is -0.494 e. The fourth-order valence-electron chi connectivity index (χ4n) is 2.76. The Morgan fingerprint density at radius 2 is 1.48 bits per heavy atom. The molecule has 2 N–H and O–H groups in total. The number of benzene rings is 1. The number of nitrogens with two attached hydrogens (primary N) is 1.